The fraction of sp³-hybridized carbons (Fsp3) is 0.500. The van der Waals surface area contributed by atoms with E-state index in [-0.39, 0.29) is 12.0 Å². The third-order valence-electron chi connectivity index (χ3n) is 1.66. The van der Waals surface area contributed by atoms with Crippen molar-refractivity contribution in [3.05, 3.63) is 11.4 Å². The minimum atomic E-state index is -1.15. The van der Waals surface area contributed by atoms with Crippen LogP contribution >= 0.6 is 0 Å². The number of cyclic esters (lactones) is 2. The predicted octanol–water partition coefficient (Wildman–Crippen LogP) is 1.48. The zero-order chi connectivity index (χ0) is 9.14. The van der Waals surface area contributed by atoms with Crippen molar-refractivity contribution in [1.82, 2.24) is 0 Å². The second kappa shape index (κ2) is 3.47. The Morgan fingerprint density at radius 1 is 1.33 bits per heavy atom. The molecule has 0 aromatic heterocycles. The molecule has 0 aromatic rings. The van der Waals surface area contributed by atoms with Gasteiger partial charge in [-0.3, -0.25) is 0 Å². The van der Waals surface area contributed by atoms with E-state index in [0.717, 1.165) is 6.42 Å². The molecule has 0 aliphatic carbocycles. The first kappa shape index (κ1) is 8.90. The molecule has 4 heteroatoms. The summed E-state index contributed by atoms with van der Waals surface area (Å²) in [4.78, 5) is 21.2. The first-order valence-electron chi connectivity index (χ1n) is 3.82. The van der Waals surface area contributed by atoms with Gasteiger partial charge in [0.1, 0.15) is 0 Å². The van der Waals surface area contributed by atoms with Crippen LogP contribution in [0.4, 0.5) is 4.39 Å². The van der Waals surface area contributed by atoms with Gasteiger partial charge < -0.3 is 4.74 Å². The lowest BCUT2D eigenvalue weighted by Gasteiger charge is -1.94. The highest BCUT2D eigenvalue weighted by Gasteiger charge is 2.32. The standard InChI is InChI=1S/C8H9FO3/c1-2-3-4-5-6(9)8(11)12-7(5)10/h2-4H2,1H3. The summed E-state index contributed by atoms with van der Waals surface area (Å²) in [7, 11) is 0. The largest absolute Gasteiger partial charge is 0.384 e. The summed E-state index contributed by atoms with van der Waals surface area (Å²) in [6.45, 7) is 1.92. The van der Waals surface area contributed by atoms with Crippen molar-refractivity contribution < 1.29 is 18.7 Å². The summed E-state index contributed by atoms with van der Waals surface area (Å²) < 4.78 is 16.8. The molecule has 0 unspecified atom stereocenters. The average molecular weight is 172 g/mol. The van der Waals surface area contributed by atoms with Gasteiger partial charge in [-0.1, -0.05) is 13.3 Å². The number of hydrogen-bond donors (Lipinski definition) is 0. The van der Waals surface area contributed by atoms with Gasteiger partial charge in [-0.2, -0.15) is 4.39 Å². The maximum absolute atomic E-state index is 12.7. The summed E-state index contributed by atoms with van der Waals surface area (Å²) in [5, 5.41) is 0. The van der Waals surface area contributed by atoms with Crippen LogP contribution in [0.1, 0.15) is 26.2 Å². The van der Waals surface area contributed by atoms with Gasteiger partial charge in [-0.25, -0.2) is 9.59 Å². The number of hydrogen-bond acceptors (Lipinski definition) is 3. The van der Waals surface area contributed by atoms with Crippen LogP contribution in [-0.2, 0) is 14.3 Å². The lowest BCUT2D eigenvalue weighted by Crippen LogP contribution is -2.01. The van der Waals surface area contributed by atoms with Gasteiger partial charge in [0.15, 0.2) is 0 Å². The third-order valence-corrected chi connectivity index (χ3v) is 1.66. The van der Waals surface area contributed by atoms with Crippen molar-refractivity contribution in [2.75, 3.05) is 0 Å². The predicted molar refractivity (Wildman–Crippen MR) is 38.8 cm³/mol. The monoisotopic (exact) mass is 172 g/mol. The van der Waals surface area contributed by atoms with Crippen LogP contribution in [0, 0.1) is 0 Å². The van der Waals surface area contributed by atoms with E-state index in [1.165, 1.54) is 0 Å². The fourth-order valence-corrected chi connectivity index (χ4v) is 0.969. The molecule has 0 saturated heterocycles. The second-order valence-electron chi connectivity index (χ2n) is 2.57. The molecule has 0 fully saturated rings. The summed E-state index contributed by atoms with van der Waals surface area (Å²) in [6, 6.07) is 0. The Labute approximate surface area is 69.2 Å². The Balaban J connectivity index is 2.71. The minimum absolute atomic E-state index is 0.109. The fourth-order valence-electron chi connectivity index (χ4n) is 0.969. The molecule has 3 nitrogen and oxygen atoms in total. The molecule has 12 heavy (non-hydrogen) atoms. The van der Waals surface area contributed by atoms with Crippen molar-refractivity contribution in [3.8, 4) is 0 Å². The van der Waals surface area contributed by atoms with E-state index in [2.05, 4.69) is 4.74 Å². The number of rotatable bonds is 3. The molecule has 1 aliphatic rings. The molecule has 0 bridgehead atoms. The van der Waals surface area contributed by atoms with Crippen LogP contribution in [0.15, 0.2) is 11.4 Å². The van der Waals surface area contributed by atoms with Crippen LogP contribution in [0.5, 0.6) is 0 Å². The molecule has 0 N–H and O–H groups in total. The second-order valence-corrected chi connectivity index (χ2v) is 2.57. The number of esters is 2. The maximum Gasteiger partial charge on any atom is 0.375 e. The summed E-state index contributed by atoms with van der Waals surface area (Å²) in [5.74, 6) is -2.99. The van der Waals surface area contributed by atoms with Gasteiger partial charge in [-0.05, 0) is 12.8 Å². The minimum Gasteiger partial charge on any atom is -0.384 e. The molecule has 66 valence electrons. The molecule has 1 heterocycles. The summed E-state index contributed by atoms with van der Waals surface area (Å²) >= 11 is 0. The van der Waals surface area contributed by atoms with Gasteiger partial charge in [0, 0.05) is 0 Å². The van der Waals surface area contributed by atoms with Crippen molar-refractivity contribution in [2.24, 2.45) is 0 Å². The molecule has 0 saturated carbocycles. The summed E-state index contributed by atoms with van der Waals surface area (Å²) in [5.41, 5.74) is -0.109. The van der Waals surface area contributed by atoms with Crippen LogP contribution in [0.2, 0.25) is 0 Å². The van der Waals surface area contributed by atoms with Crippen molar-refractivity contribution >= 4 is 11.9 Å². The summed E-state index contributed by atoms with van der Waals surface area (Å²) in [6.07, 6.45) is 1.82. The average Bonchev–Trinajstić information content (AvgIpc) is 2.25. The molecule has 0 amide bonds. The SMILES string of the molecule is CCCCC1=C(F)C(=O)OC1=O. The molecular formula is C8H9FO3. The lowest BCUT2D eigenvalue weighted by atomic mass is 10.1. The van der Waals surface area contributed by atoms with Crippen molar-refractivity contribution in [1.29, 1.82) is 0 Å². The highest BCUT2D eigenvalue weighted by molar-refractivity contribution is 6.10. The maximum atomic E-state index is 12.7. The number of carbonyl (C=O) groups is 2. The molecule has 1 aliphatic heterocycles. The Kier molecular flexibility index (Phi) is 2.58. The third kappa shape index (κ3) is 1.52. The van der Waals surface area contributed by atoms with E-state index >= 15 is 0 Å². The van der Waals surface area contributed by atoms with Crippen LogP contribution in [0.25, 0.3) is 0 Å². The lowest BCUT2D eigenvalue weighted by molar-refractivity contribution is -0.151. The van der Waals surface area contributed by atoms with Crippen LogP contribution in [0.3, 0.4) is 0 Å². The molecular weight excluding hydrogens is 163 g/mol. The highest BCUT2D eigenvalue weighted by atomic mass is 19.1. The molecule has 0 atom stereocenters. The van der Waals surface area contributed by atoms with E-state index in [4.69, 9.17) is 0 Å². The van der Waals surface area contributed by atoms with Crippen molar-refractivity contribution in [2.45, 2.75) is 26.2 Å². The number of unbranched alkanes of at least 4 members (excludes halogenated alkanes) is 1. The van der Waals surface area contributed by atoms with Gasteiger partial charge >= 0.3 is 11.9 Å². The van der Waals surface area contributed by atoms with Gasteiger partial charge in [0.05, 0.1) is 5.57 Å². The van der Waals surface area contributed by atoms with E-state index in [1.807, 2.05) is 6.92 Å². The van der Waals surface area contributed by atoms with E-state index in [9.17, 15) is 14.0 Å². The first-order valence-corrected chi connectivity index (χ1v) is 3.82. The highest BCUT2D eigenvalue weighted by Crippen LogP contribution is 2.22. The molecule has 0 spiro atoms. The molecule has 0 radical (unpaired) electrons. The Morgan fingerprint density at radius 2 is 2.00 bits per heavy atom. The quantitative estimate of drug-likeness (QED) is 0.478. The zero-order valence-electron chi connectivity index (χ0n) is 6.72. The van der Waals surface area contributed by atoms with E-state index < -0.39 is 17.8 Å². The first-order chi connectivity index (χ1) is 5.66. The Hall–Kier alpha value is -1.19. The number of carbonyl (C=O) groups excluding carboxylic acids is 2. The van der Waals surface area contributed by atoms with Crippen LogP contribution in [-0.4, -0.2) is 11.9 Å². The van der Waals surface area contributed by atoms with Crippen molar-refractivity contribution in [3.63, 3.8) is 0 Å². The van der Waals surface area contributed by atoms with Gasteiger partial charge in [-0.15, -0.1) is 0 Å². The van der Waals surface area contributed by atoms with Gasteiger partial charge in [0.2, 0.25) is 5.83 Å². The zero-order valence-corrected chi connectivity index (χ0v) is 6.72. The number of ether oxygens (including phenoxy) is 1. The Bertz CT molecular complexity index is 255. The van der Waals surface area contributed by atoms with E-state index in [1.54, 1.807) is 0 Å². The topological polar surface area (TPSA) is 43.4 Å². The van der Waals surface area contributed by atoms with Crippen LogP contribution < -0.4 is 0 Å². The Morgan fingerprint density at radius 3 is 2.42 bits per heavy atom. The van der Waals surface area contributed by atoms with E-state index in [0.29, 0.717) is 6.42 Å². The van der Waals surface area contributed by atoms with Gasteiger partial charge in [0.25, 0.3) is 0 Å². The molecule has 1 rings (SSSR count). The normalized spacial score (nSPS) is 17.2. The smallest absolute Gasteiger partial charge is 0.375 e. The molecule has 0 aromatic carbocycles. The number of halogens is 1.